The van der Waals surface area contributed by atoms with E-state index in [0.717, 1.165) is 12.1 Å². The second-order valence-corrected chi connectivity index (χ2v) is 4.57. The van der Waals surface area contributed by atoms with Crippen molar-refractivity contribution < 1.29 is 13.6 Å². The number of nitrogens with one attached hydrogen (secondary N) is 1. The van der Waals surface area contributed by atoms with Crippen LogP contribution in [-0.4, -0.2) is 16.4 Å². The zero-order chi connectivity index (χ0) is 13.9. The molecule has 0 aromatic heterocycles. The number of nitrogens with two attached hydrogens (primary N) is 1. The maximum Gasteiger partial charge on any atom is 0.252 e. The van der Waals surface area contributed by atoms with E-state index >= 15 is 0 Å². The Hall–Kier alpha value is -1.56. The first-order valence-electron chi connectivity index (χ1n) is 5.37. The minimum absolute atomic E-state index is 0.0184. The number of hydrogen-bond acceptors (Lipinski definition) is 2. The lowest BCUT2D eigenvalue weighted by atomic mass is 9.98. The summed E-state index contributed by atoms with van der Waals surface area (Å²) < 4.78 is 25.8. The summed E-state index contributed by atoms with van der Waals surface area (Å²) >= 11 is 4.87. The predicted octanol–water partition coefficient (Wildman–Crippen LogP) is 2.15. The summed E-state index contributed by atoms with van der Waals surface area (Å²) in [7, 11) is 0. The molecule has 0 heterocycles. The molecule has 0 saturated heterocycles. The molecule has 3 N–H and O–H groups in total. The van der Waals surface area contributed by atoms with Crippen molar-refractivity contribution in [3.63, 3.8) is 0 Å². The van der Waals surface area contributed by atoms with Gasteiger partial charge in [0, 0.05) is 5.56 Å². The summed E-state index contributed by atoms with van der Waals surface area (Å²) in [6, 6.07) is 2.93. The van der Waals surface area contributed by atoms with Gasteiger partial charge in [-0.05, 0) is 31.5 Å². The quantitative estimate of drug-likeness (QED) is 0.826. The Morgan fingerprint density at radius 2 is 2.06 bits per heavy atom. The molecule has 0 spiro atoms. The second kappa shape index (κ2) is 5.39. The van der Waals surface area contributed by atoms with Gasteiger partial charge in [0.15, 0.2) is 11.6 Å². The van der Waals surface area contributed by atoms with E-state index in [1.807, 2.05) is 6.92 Å². The number of rotatable bonds is 4. The van der Waals surface area contributed by atoms with Gasteiger partial charge in [-0.2, -0.15) is 0 Å². The Balaban J connectivity index is 2.95. The first-order valence-corrected chi connectivity index (χ1v) is 5.78. The lowest BCUT2D eigenvalue weighted by Crippen LogP contribution is -2.54. The Bertz CT molecular complexity index is 493. The van der Waals surface area contributed by atoms with Crippen LogP contribution in [-0.2, 0) is 0 Å². The molecule has 1 rings (SSSR count). The van der Waals surface area contributed by atoms with Gasteiger partial charge in [0.25, 0.3) is 5.91 Å². The summed E-state index contributed by atoms with van der Waals surface area (Å²) in [6.45, 7) is 3.48. The fourth-order valence-electron chi connectivity index (χ4n) is 1.28. The summed E-state index contributed by atoms with van der Waals surface area (Å²) in [5.74, 6) is -2.62. The number of amides is 1. The normalized spacial score (nSPS) is 13.8. The lowest BCUT2D eigenvalue weighted by Gasteiger charge is -2.28. The fraction of sp³-hybridized carbons (Fsp3) is 0.333. The number of halogens is 2. The zero-order valence-corrected chi connectivity index (χ0v) is 10.9. The molecule has 0 aliphatic heterocycles. The molecule has 1 unspecified atom stereocenters. The molecule has 0 fully saturated rings. The monoisotopic (exact) mass is 272 g/mol. The van der Waals surface area contributed by atoms with E-state index in [1.165, 1.54) is 6.07 Å². The molecule has 0 radical (unpaired) electrons. The van der Waals surface area contributed by atoms with Crippen molar-refractivity contribution in [2.75, 3.05) is 0 Å². The van der Waals surface area contributed by atoms with Gasteiger partial charge in [0.2, 0.25) is 0 Å². The molecule has 3 nitrogen and oxygen atoms in total. The van der Waals surface area contributed by atoms with Gasteiger partial charge in [-0.25, -0.2) is 8.78 Å². The van der Waals surface area contributed by atoms with Crippen LogP contribution in [0.5, 0.6) is 0 Å². The van der Waals surface area contributed by atoms with Crippen LogP contribution in [0.2, 0.25) is 0 Å². The number of carbonyl (C=O) groups excluding carboxylic acids is 1. The highest BCUT2D eigenvalue weighted by molar-refractivity contribution is 7.80. The Labute approximate surface area is 109 Å². The van der Waals surface area contributed by atoms with Gasteiger partial charge in [0.05, 0.1) is 10.5 Å². The van der Waals surface area contributed by atoms with Crippen LogP contribution in [0.1, 0.15) is 30.6 Å². The molecule has 18 heavy (non-hydrogen) atoms. The maximum absolute atomic E-state index is 13.0. The lowest BCUT2D eigenvalue weighted by molar-refractivity contribution is 0.0926. The average molecular weight is 272 g/mol. The van der Waals surface area contributed by atoms with Crippen molar-refractivity contribution in [2.45, 2.75) is 25.8 Å². The van der Waals surface area contributed by atoms with Crippen molar-refractivity contribution in [3.05, 3.63) is 35.4 Å². The summed E-state index contributed by atoms with van der Waals surface area (Å²) in [5.41, 5.74) is 4.71. The van der Waals surface area contributed by atoms with Crippen molar-refractivity contribution in [2.24, 2.45) is 5.73 Å². The van der Waals surface area contributed by atoms with Crippen LogP contribution >= 0.6 is 12.2 Å². The molecule has 6 heteroatoms. The minimum atomic E-state index is -1.07. The number of thiocarbonyl (C=S) groups is 1. The molecule has 1 aromatic rings. The van der Waals surface area contributed by atoms with E-state index in [4.69, 9.17) is 18.0 Å². The van der Waals surface area contributed by atoms with Crippen molar-refractivity contribution in [1.29, 1.82) is 0 Å². The van der Waals surface area contributed by atoms with E-state index in [-0.39, 0.29) is 10.6 Å². The van der Waals surface area contributed by atoms with Crippen molar-refractivity contribution in [1.82, 2.24) is 5.32 Å². The fourth-order valence-corrected chi connectivity index (χ4v) is 1.48. The predicted molar refractivity (Wildman–Crippen MR) is 69.3 cm³/mol. The van der Waals surface area contributed by atoms with Crippen LogP contribution in [0.4, 0.5) is 8.78 Å². The molecule has 98 valence electrons. The highest BCUT2D eigenvalue weighted by Crippen LogP contribution is 2.13. The van der Waals surface area contributed by atoms with E-state index in [1.54, 1.807) is 6.92 Å². The van der Waals surface area contributed by atoms with Crippen LogP contribution in [0.15, 0.2) is 18.2 Å². The average Bonchev–Trinajstić information content (AvgIpc) is 2.32. The van der Waals surface area contributed by atoms with Crippen LogP contribution < -0.4 is 11.1 Å². The smallest absolute Gasteiger partial charge is 0.252 e. The molecule has 1 aromatic carbocycles. The van der Waals surface area contributed by atoms with Crippen molar-refractivity contribution in [3.8, 4) is 0 Å². The highest BCUT2D eigenvalue weighted by atomic mass is 32.1. The van der Waals surface area contributed by atoms with Crippen molar-refractivity contribution >= 4 is 23.1 Å². The summed E-state index contributed by atoms with van der Waals surface area (Å²) in [4.78, 5) is 12.0. The van der Waals surface area contributed by atoms with Gasteiger partial charge in [0.1, 0.15) is 0 Å². The van der Waals surface area contributed by atoms with Gasteiger partial charge in [-0.1, -0.05) is 19.1 Å². The third-order valence-electron chi connectivity index (χ3n) is 2.82. The molecular weight excluding hydrogens is 258 g/mol. The molecule has 1 atom stereocenters. The minimum Gasteiger partial charge on any atom is -0.391 e. The number of hydrogen-bond donors (Lipinski definition) is 2. The first kappa shape index (κ1) is 14.5. The molecule has 0 saturated carbocycles. The van der Waals surface area contributed by atoms with Crippen LogP contribution in [0, 0.1) is 11.6 Å². The molecule has 0 bridgehead atoms. The Morgan fingerprint density at radius 3 is 2.50 bits per heavy atom. The maximum atomic E-state index is 13.0. The zero-order valence-electron chi connectivity index (χ0n) is 10.1. The third kappa shape index (κ3) is 3.01. The molecule has 0 aliphatic carbocycles. The van der Waals surface area contributed by atoms with Gasteiger partial charge in [-0.15, -0.1) is 0 Å². The summed E-state index contributed by atoms with van der Waals surface area (Å²) in [5, 5.41) is 2.61. The highest BCUT2D eigenvalue weighted by Gasteiger charge is 2.28. The second-order valence-electron chi connectivity index (χ2n) is 4.13. The number of carbonyl (C=O) groups is 1. The molecular formula is C12H14F2N2OS. The van der Waals surface area contributed by atoms with E-state index in [2.05, 4.69) is 5.32 Å². The Morgan fingerprint density at radius 1 is 1.44 bits per heavy atom. The van der Waals surface area contributed by atoms with Crippen LogP contribution in [0.3, 0.4) is 0 Å². The first-order chi connectivity index (χ1) is 8.30. The largest absolute Gasteiger partial charge is 0.391 e. The van der Waals surface area contributed by atoms with E-state index < -0.39 is 23.1 Å². The summed E-state index contributed by atoms with van der Waals surface area (Å²) in [6.07, 6.45) is 0.498. The third-order valence-corrected chi connectivity index (χ3v) is 3.27. The SMILES string of the molecule is CCC(C)(NC(=O)c1ccc(F)c(F)c1)C(N)=S. The van der Waals surface area contributed by atoms with Gasteiger partial charge < -0.3 is 11.1 Å². The van der Waals surface area contributed by atoms with Crippen LogP contribution in [0.25, 0.3) is 0 Å². The Kier molecular flexibility index (Phi) is 4.34. The molecule has 0 aliphatic rings. The number of benzene rings is 1. The topological polar surface area (TPSA) is 55.1 Å². The van der Waals surface area contributed by atoms with E-state index in [0.29, 0.717) is 6.42 Å². The van der Waals surface area contributed by atoms with E-state index in [9.17, 15) is 13.6 Å². The standard InChI is InChI=1S/C12H14F2N2OS/c1-3-12(2,11(15)18)16-10(17)7-4-5-8(13)9(14)6-7/h4-6H,3H2,1-2H3,(H2,15,18)(H,16,17). The van der Waals surface area contributed by atoms with Gasteiger partial charge >= 0.3 is 0 Å². The van der Waals surface area contributed by atoms with Gasteiger partial charge in [-0.3, -0.25) is 4.79 Å². The molecule has 1 amide bonds.